The van der Waals surface area contributed by atoms with Crippen molar-refractivity contribution in [3.05, 3.63) is 59.4 Å². The van der Waals surface area contributed by atoms with E-state index < -0.39 is 23.3 Å². The van der Waals surface area contributed by atoms with Gasteiger partial charge in [0.1, 0.15) is 11.9 Å². The zero-order chi connectivity index (χ0) is 19.3. The van der Waals surface area contributed by atoms with Crippen LogP contribution in [0.25, 0.3) is 0 Å². The predicted octanol–water partition coefficient (Wildman–Crippen LogP) is 2.96. The standard InChI is InChI=1S/C18H21FN4O2S/c1-5-10-23(17(25)14-11-26-22-21-14)15(16(24)20-18(2,3)4)12-6-8-13(19)9-7-12/h5-9,11,15H,1,10H2,2-4H3,(H,20,24)/t15-/m0/s1. The Balaban J connectivity index is 2.47. The van der Waals surface area contributed by atoms with Crippen molar-refractivity contribution in [2.75, 3.05) is 6.54 Å². The van der Waals surface area contributed by atoms with Crippen molar-refractivity contribution in [3.8, 4) is 0 Å². The summed E-state index contributed by atoms with van der Waals surface area (Å²) in [4.78, 5) is 27.2. The SMILES string of the molecule is C=CCN(C(=O)c1csnn1)[C@H](C(=O)NC(C)(C)C)c1ccc(F)cc1. The molecule has 0 spiro atoms. The highest BCUT2D eigenvalue weighted by Crippen LogP contribution is 2.24. The molecule has 0 fully saturated rings. The van der Waals surface area contributed by atoms with E-state index in [0.29, 0.717) is 5.56 Å². The Morgan fingerprint density at radius 2 is 2.00 bits per heavy atom. The van der Waals surface area contributed by atoms with Crippen LogP contribution in [0.4, 0.5) is 4.39 Å². The minimum Gasteiger partial charge on any atom is -0.349 e. The number of benzene rings is 1. The summed E-state index contributed by atoms with van der Waals surface area (Å²) in [7, 11) is 0. The Bertz CT molecular complexity index is 769. The quantitative estimate of drug-likeness (QED) is 0.787. The second-order valence-electron chi connectivity index (χ2n) is 6.73. The minimum atomic E-state index is -0.956. The maximum absolute atomic E-state index is 13.3. The van der Waals surface area contributed by atoms with Gasteiger partial charge in [0.25, 0.3) is 5.91 Å². The van der Waals surface area contributed by atoms with Gasteiger partial charge in [-0.2, -0.15) is 0 Å². The number of rotatable bonds is 6. The second kappa shape index (κ2) is 8.18. The van der Waals surface area contributed by atoms with Crippen molar-refractivity contribution in [1.82, 2.24) is 19.8 Å². The third kappa shape index (κ3) is 4.95. The van der Waals surface area contributed by atoms with Crippen LogP contribution in [0.3, 0.4) is 0 Å². The first-order valence-corrected chi connectivity index (χ1v) is 8.83. The fourth-order valence-corrected chi connectivity index (χ4v) is 2.84. The number of carbonyl (C=O) groups excluding carboxylic acids is 2. The van der Waals surface area contributed by atoms with Crippen LogP contribution in [0.1, 0.15) is 42.9 Å². The van der Waals surface area contributed by atoms with Gasteiger partial charge in [0, 0.05) is 17.5 Å². The summed E-state index contributed by atoms with van der Waals surface area (Å²) in [5.74, 6) is -1.24. The highest BCUT2D eigenvalue weighted by molar-refractivity contribution is 7.03. The molecule has 0 aliphatic rings. The number of nitrogens with one attached hydrogen (secondary N) is 1. The van der Waals surface area contributed by atoms with Crippen LogP contribution in [0, 0.1) is 5.82 Å². The summed E-state index contributed by atoms with van der Waals surface area (Å²) in [6, 6.07) is 4.54. The van der Waals surface area contributed by atoms with Crippen molar-refractivity contribution in [2.45, 2.75) is 32.4 Å². The zero-order valence-electron chi connectivity index (χ0n) is 14.9. The monoisotopic (exact) mass is 376 g/mol. The first kappa shape index (κ1) is 19.7. The molecule has 2 amide bonds. The number of hydrogen-bond acceptors (Lipinski definition) is 5. The summed E-state index contributed by atoms with van der Waals surface area (Å²) in [5, 5.41) is 8.19. The van der Waals surface area contributed by atoms with E-state index in [1.165, 1.54) is 40.6 Å². The Labute approximate surface area is 155 Å². The van der Waals surface area contributed by atoms with E-state index in [2.05, 4.69) is 21.5 Å². The lowest BCUT2D eigenvalue weighted by Crippen LogP contribution is -2.49. The van der Waals surface area contributed by atoms with Gasteiger partial charge in [-0.15, -0.1) is 11.7 Å². The predicted molar refractivity (Wildman–Crippen MR) is 98.2 cm³/mol. The summed E-state index contributed by atoms with van der Waals surface area (Å²) in [5.41, 5.74) is 0.138. The Morgan fingerprint density at radius 1 is 1.35 bits per heavy atom. The molecule has 138 valence electrons. The molecular formula is C18H21FN4O2S. The number of aromatic nitrogens is 2. The average molecular weight is 376 g/mol. The Morgan fingerprint density at radius 3 is 2.50 bits per heavy atom. The molecule has 1 aromatic carbocycles. The molecule has 1 aromatic heterocycles. The molecule has 1 heterocycles. The maximum Gasteiger partial charge on any atom is 0.276 e. The summed E-state index contributed by atoms with van der Waals surface area (Å²) in [6.07, 6.45) is 1.53. The lowest BCUT2D eigenvalue weighted by Gasteiger charge is -2.32. The van der Waals surface area contributed by atoms with E-state index in [9.17, 15) is 14.0 Å². The second-order valence-corrected chi connectivity index (χ2v) is 7.34. The molecule has 2 rings (SSSR count). The third-order valence-corrected chi connectivity index (χ3v) is 3.91. The van der Waals surface area contributed by atoms with Crippen LogP contribution in [-0.4, -0.2) is 38.4 Å². The molecule has 0 aliphatic heterocycles. The number of amides is 2. The van der Waals surface area contributed by atoms with Crippen molar-refractivity contribution in [3.63, 3.8) is 0 Å². The van der Waals surface area contributed by atoms with Crippen molar-refractivity contribution in [1.29, 1.82) is 0 Å². The summed E-state index contributed by atoms with van der Waals surface area (Å²) >= 11 is 1.05. The van der Waals surface area contributed by atoms with Crippen LogP contribution in [-0.2, 0) is 4.79 Å². The minimum absolute atomic E-state index is 0.121. The van der Waals surface area contributed by atoms with Gasteiger partial charge in [-0.25, -0.2) is 4.39 Å². The summed E-state index contributed by atoms with van der Waals surface area (Å²) in [6.45, 7) is 9.32. The maximum atomic E-state index is 13.3. The van der Waals surface area contributed by atoms with Gasteiger partial charge in [-0.1, -0.05) is 22.7 Å². The zero-order valence-corrected chi connectivity index (χ0v) is 15.7. The van der Waals surface area contributed by atoms with Gasteiger partial charge in [0.15, 0.2) is 5.69 Å². The largest absolute Gasteiger partial charge is 0.349 e. The van der Waals surface area contributed by atoms with Crippen molar-refractivity contribution in [2.24, 2.45) is 0 Å². The van der Waals surface area contributed by atoms with E-state index in [1.807, 2.05) is 20.8 Å². The highest BCUT2D eigenvalue weighted by Gasteiger charge is 2.33. The summed E-state index contributed by atoms with van der Waals surface area (Å²) < 4.78 is 17.0. The van der Waals surface area contributed by atoms with Crippen LogP contribution in [0.2, 0.25) is 0 Å². The molecule has 0 saturated carbocycles. The molecule has 2 aromatic rings. The average Bonchev–Trinajstić information content (AvgIpc) is 3.08. The van der Waals surface area contributed by atoms with Gasteiger partial charge < -0.3 is 10.2 Å². The molecule has 0 bridgehead atoms. The normalized spacial score (nSPS) is 12.3. The third-order valence-electron chi connectivity index (χ3n) is 3.41. The van der Waals surface area contributed by atoms with E-state index in [1.54, 1.807) is 0 Å². The molecular weight excluding hydrogens is 355 g/mol. The fourth-order valence-electron chi connectivity index (χ4n) is 2.41. The Kier molecular flexibility index (Phi) is 6.20. The molecule has 0 aliphatic carbocycles. The van der Waals surface area contributed by atoms with Crippen molar-refractivity contribution >= 4 is 23.3 Å². The molecule has 6 nitrogen and oxygen atoms in total. The van der Waals surface area contributed by atoms with Crippen LogP contribution in [0.5, 0.6) is 0 Å². The number of halogens is 1. The van der Waals surface area contributed by atoms with E-state index in [0.717, 1.165) is 11.5 Å². The van der Waals surface area contributed by atoms with Crippen LogP contribution < -0.4 is 5.32 Å². The van der Waals surface area contributed by atoms with E-state index >= 15 is 0 Å². The highest BCUT2D eigenvalue weighted by atomic mass is 32.1. The van der Waals surface area contributed by atoms with Crippen LogP contribution >= 0.6 is 11.5 Å². The number of carbonyl (C=O) groups is 2. The van der Waals surface area contributed by atoms with Gasteiger partial charge >= 0.3 is 0 Å². The van der Waals surface area contributed by atoms with Crippen molar-refractivity contribution < 1.29 is 14.0 Å². The molecule has 1 atom stereocenters. The molecule has 1 N–H and O–H groups in total. The van der Waals surface area contributed by atoms with Gasteiger partial charge in [-0.3, -0.25) is 9.59 Å². The lowest BCUT2D eigenvalue weighted by molar-refractivity contribution is -0.127. The molecule has 8 heteroatoms. The van der Waals surface area contributed by atoms with E-state index in [4.69, 9.17) is 0 Å². The Hall–Kier alpha value is -2.61. The molecule has 0 saturated heterocycles. The topological polar surface area (TPSA) is 75.2 Å². The van der Waals surface area contributed by atoms with Gasteiger partial charge in [-0.05, 0) is 50.0 Å². The van der Waals surface area contributed by atoms with E-state index in [-0.39, 0.29) is 18.1 Å². The van der Waals surface area contributed by atoms with Gasteiger partial charge in [0.05, 0.1) is 0 Å². The molecule has 0 radical (unpaired) electrons. The lowest BCUT2D eigenvalue weighted by atomic mass is 10.0. The first-order chi connectivity index (χ1) is 12.2. The number of nitrogens with zero attached hydrogens (tertiary/aromatic N) is 3. The first-order valence-electron chi connectivity index (χ1n) is 7.99. The molecule has 26 heavy (non-hydrogen) atoms. The number of hydrogen-bond donors (Lipinski definition) is 1. The molecule has 0 unspecified atom stereocenters. The van der Waals surface area contributed by atoms with Crippen LogP contribution in [0.15, 0.2) is 42.3 Å². The van der Waals surface area contributed by atoms with Gasteiger partial charge in [0.2, 0.25) is 5.91 Å². The smallest absolute Gasteiger partial charge is 0.276 e. The fraction of sp³-hybridized carbons (Fsp3) is 0.333.